The van der Waals surface area contributed by atoms with Crippen molar-refractivity contribution in [2.24, 2.45) is 0 Å². The second-order valence-electron chi connectivity index (χ2n) is 6.06. The highest BCUT2D eigenvalue weighted by Crippen LogP contribution is 2.17. The van der Waals surface area contributed by atoms with E-state index in [4.69, 9.17) is 10.1 Å². The first-order chi connectivity index (χ1) is 11.9. The maximum absolute atomic E-state index is 13.0. The van der Waals surface area contributed by atoms with Crippen LogP contribution in [-0.4, -0.2) is 27.0 Å². The predicted molar refractivity (Wildman–Crippen MR) is 93.9 cm³/mol. The van der Waals surface area contributed by atoms with E-state index in [9.17, 15) is 9.59 Å². The van der Waals surface area contributed by atoms with Crippen LogP contribution in [0.1, 0.15) is 42.2 Å². The molecule has 0 aliphatic carbocycles. The fraction of sp³-hybridized carbons (Fsp3) is 0.333. The van der Waals surface area contributed by atoms with Crippen LogP contribution in [0.3, 0.4) is 0 Å². The first-order valence-corrected chi connectivity index (χ1v) is 8.10. The normalized spacial score (nSPS) is 12.5. The zero-order valence-electron chi connectivity index (χ0n) is 14.7. The SMILES string of the molecule is CCC(C)n1c(=N)c(C(=O)OC)cc2c(=O)n3cccc(C)c3nc21. The summed E-state index contributed by atoms with van der Waals surface area (Å²) in [5.74, 6) is -0.641. The van der Waals surface area contributed by atoms with E-state index in [1.54, 1.807) is 16.8 Å². The largest absolute Gasteiger partial charge is 0.465 e. The third kappa shape index (κ3) is 2.52. The number of fused-ring (bicyclic) bond motifs is 2. The molecule has 25 heavy (non-hydrogen) atoms. The molecular formula is C18H20N4O3. The third-order valence-electron chi connectivity index (χ3n) is 4.51. The Morgan fingerprint density at radius 1 is 1.40 bits per heavy atom. The summed E-state index contributed by atoms with van der Waals surface area (Å²) >= 11 is 0. The molecule has 0 aliphatic heterocycles. The van der Waals surface area contributed by atoms with Gasteiger partial charge in [-0.1, -0.05) is 13.0 Å². The van der Waals surface area contributed by atoms with Gasteiger partial charge in [0.25, 0.3) is 5.56 Å². The maximum Gasteiger partial charge on any atom is 0.341 e. The Hall–Kier alpha value is -2.96. The molecule has 0 bridgehead atoms. The summed E-state index contributed by atoms with van der Waals surface area (Å²) in [6.07, 6.45) is 2.38. The van der Waals surface area contributed by atoms with E-state index in [0.29, 0.717) is 16.7 Å². The Morgan fingerprint density at radius 3 is 2.76 bits per heavy atom. The van der Waals surface area contributed by atoms with Crippen LogP contribution in [0.4, 0.5) is 0 Å². The second kappa shape index (κ2) is 6.16. The number of aryl methyl sites for hydroxylation is 1. The lowest BCUT2D eigenvalue weighted by molar-refractivity contribution is 0.0597. The average Bonchev–Trinajstić information content (AvgIpc) is 2.61. The second-order valence-corrected chi connectivity index (χ2v) is 6.06. The van der Waals surface area contributed by atoms with Gasteiger partial charge in [-0.05, 0) is 38.0 Å². The molecule has 0 saturated carbocycles. The molecule has 0 aromatic carbocycles. The lowest BCUT2D eigenvalue weighted by Crippen LogP contribution is -2.32. The lowest BCUT2D eigenvalue weighted by atomic mass is 10.1. The number of nitrogens with zero attached hydrogens (tertiary/aromatic N) is 3. The van der Waals surface area contributed by atoms with Crippen LogP contribution < -0.4 is 11.0 Å². The minimum absolute atomic E-state index is 0.00136. The zero-order valence-corrected chi connectivity index (χ0v) is 14.7. The number of pyridine rings is 2. The molecule has 3 aromatic heterocycles. The van der Waals surface area contributed by atoms with Gasteiger partial charge in [0, 0.05) is 12.2 Å². The Labute approximate surface area is 144 Å². The van der Waals surface area contributed by atoms with Gasteiger partial charge in [0.1, 0.15) is 22.3 Å². The van der Waals surface area contributed by atoms with Crippen LogP contribution in [-0.2, 0) is 4.74 Å². The molecule has 0 saturated heterocycles. The van der Waals surface area contributed by atoms with Crippen LogP contribution in [0.25, 0.3) is 16.7 Å². The van der Waals surface area contributed by atoms with Gasteiger partial charge in [0.05, 0.1) is 12.5 Å². The summed E-state index contributed by atoms with van der Waals surface area (Å²) in [7, 11) is 1.26. The van der Waals surface area contributed by atoms with E-state index < -0.39 is 5.97 Å². The molecule has 1 unspecified atom stereocenters. The maximum atomic E-state index is 13.0. The van der Waals surface area contributed by atoms with Crippen molar-refractivity contribution in [2.75, 3.05) is 7.11 Å². The topological polar surface area (TPSA) is 89.5 Å². The summed E-state index contributed by atoms with van der Waals surface area (Å²) in [6.45, 7) is 5.79. The van der Waals surface area contributed by atoms with Crippen molar-refractivity contribution < 1.29 is 9.53 Å². The zero-order chi connectivity index (χ0) is 18.3. The summed E-state index contributed by atoms with van der Waals surface area (Å²) in [4.78, 5) is 29.7. The predicted octanol–water partition coefficient (Wildman–Crippen LogP) is 2.19. The van der Waals surface area contributed by atoms with Crippen molar-refractivity contribution in [3.63, 3.8) is 0 Å². The van der Waals surface area contributed by atoms with Gasteiger partial charge in [-0.15, -0.1) is 0 Å². The summed E-state index contributed by atoms with van der Waals surface area (Å²) in [6, 6.07) is 4.97. The monoisotopic (exact) mass is 340 g/mol. The first kappa shape index (κ1) is 16.9. The first-order valence-electron chi connectivity index (χ1n) is 8.10. The molecule has 3 heterocycles. The van der Waals surface area contributed by atoms with Crippen LogP contribution >= 0.6 is 0 Å². The van der Waals surface area contributed by atoms with Crippen molar-refractivity contribution in [3.05, 3.63) is 51.4 Å². The number of esters is 1. The van der Waals surface area contributed by atoms with Crippen molar-refractivity contribution in [3.8, 4) is 0 Å². The standard InChI is InChI=1S/C18H20N4O3/c1-5-11(3)22-14(19)12(18(24)25-4)9-13-16(22)20-15-10(2)7-6-8-21(15)17(13)23/h6-9,11,19H,5H2,1-4H3. The molecule has 130 valence electrons. The Morgan fingerprint density at radius 2 is 2.12 bits per heavy atom. The highest BCUT2D eigenvalue weighted by molar-refractivity contribution is 5.93. The number of nitrogens with one attached hydrogen (secondary N) is 1. The van der Waals surface area contributed by atoms with Crippen molar-refractivity contribution in [2.45, 2.75) is 33.2 Å². The minimum atomic E-state index is -0.641. The van der Waals surface area contributed by atoms with E-state index in [2.05, 4.69) is 4.98 Å². The van der Waals surface area contributed by atoms with Crippen LogP contribution in [0.5, 0.6) is 0 Å². The smallest absolute Gasteiger partial charge is 0.341 e. The molecular weight excluding hydrogens is 320 g/mol. The van der Waals surface area contributed by atoms with Gasteiger partial charge < -0.3 is 9.30 Å². The van der Waals surface area contributed by atoms with E-state index in [1.165, 1.54) is 17.6 Å². The highest BCUT2D eigenvalue weighted by Gasteiger charge is 2.20. The number of hydrogen-bond donors (Lipinski definition) is 1. The summed E-state index contributed by atoms with van der Waals surface area (Å²) in [5.41, 5.74) is 1.60. The summed E-state index contributed by atoms with van der Waals surface area (Å²) < 4.78 is 7.88. The molecule has 0 aliphatic rings. The molecule has 0 spiro atoms. The lowest BCUT2D eigenvalue weighted by Gasteiger charge is -2.19. The minimum Gasteiger partial charge on any atom is -0.465 e. The molecule has 7 heteroatoms. The number of ether oxygens (including phenoxy) is 1. The van der Waals surface area contributed by atoms with E-state index in [0.717, 1.165) is 12.0 Å². The fourth-order valence-electron chi connectivity index (χ4n) is 2.94. The quantitative estimate of drug-likeness (QED) is 0.585. The average molecular weight is 340 g/mol. The van der Waals surface area contributed by atoms with Crippen LogP contribution in [0.2, 0.25) is 0 Å². The van der Waals surface area contributed by atoms with Crippen molar-refractivity contribution in [1.29, 1.82) is 5.41 Å². The number of carbonyl (C=O) groups excluding carboxylic acids is 1. The highest BCUT2D eigenvalue weighted by atomic mass is 16.5. The van der Waals surface area contributed by atoms with E-state index in [-0.39, 0.29) is 22.7 Å². The van der Waals surface area contributed by atoms with Gasteiger partial charge in [0.2, 0.25) is 0 Å². The van der Waals surface area contributed by atoms with Gasteiger partial charge in [-0.3, -0.25) is 14.6 Å². The van der Waals surface area contributed by atoms with Gasteiger partial charge >= 0.3 is 5.97 Å². The Bertz CT molecular complexity index is 1110. The number of hydrogen-bond acceptors (Lipinski definition) is 5. The third-order valence-corrected chi connectivity index (χ3v) is 4.51. The number of carbonyl (C=O) groups is 1. The Kier molecular flexibility index (Phi) is 4.16. The van der Waals surface area contributed by atoms with Crippen molar-refractivity contribution >= 4 is 22.6 Å². The van der Waals surface area contributed by atoms with Gasteiger partial charge in [-0.2, -0.15) is 0 Å². The van der Waals surface area contributed by atoms with Crippen molar-refractivity contribution in [1.82, 2.24) is 14.0 Å². The molecule has 3 aromatic rings. The number of methoxy groups -OCH3 is 1. The summed E-state index contributed by atoms with van der Waals surface area (Å²) in [5, 5.41) is 8.73. The van der Waals surface area contributed by atoms with Gasteiger partial charge in [-0.25, -0.2) is 9.78 Å². The Balaban J connectivity index is 2.60. The van der Waals surface area contributed by atoms with E-state index >= 15 is 0 Å². The van der Waals surface area contributed by atoms with Crippen LogP contribution in [0, 0.1) is 12.3 Å². The molecule has 3 rings (SSSR count). The molecule has 0 fully saturated rings. The molecule has 0 radical (unpaired) electrons. The van der Waals surface area contributed by atoms with Crippen LogP contribution in [0.15, 0.2) is 29.2 Å². The molecule has 0 amide bonds. The number of aromatic nitrogens is 3. The molecule has 7 nitrogen and oxygen atoms in total. The fourth-order valence-corrected chi connectivity index (χ4v) is 2.94. The molecule has 1 N–H and O–H groups in total. The number of rotatable bonds is 3. The molecule has 1 atom stereocenters. The van der Waals surface area contributed by atoms with E-state index in [1.807, 2.05) is 26.8 Å². The van der Waals surface area contributed by atoms with Gasteiger partial charge in [0.15, 0.2) is 0 Å².